The summed E-state index contributed by atoms with van der Waals surface area (Å²) < 4.78 is 5.37. The van der Waals surface area contributed by atoms with Gasteiger partial charge in [0.25, 0.3) is 0 Å². The van der Waals surface area contributed by atoms with E-state index in [1.165, 1.54) is 5.56 Å². The molecule has 1 aromatic carbocycles. The fraction of sp³-hybridized carbons (Fsp3) is 0.316. The van der Waals surface area contributed by atoms with Gasteiger partial charge in [-0.2, -0.15) is 0 Å². The lowest BCUT2D eigenvalue weighted by Gasteiger charge is -2.17. The predicted octanol–water partition coefficient (Wildman–Crippen LogP) is 3.89. The topological polar surface area (TPSA) is 49.6 Å². The zero-order chi connectivity index (χ0) is 15.7. The van der Waals surface area contributed by atoms with Crippen LogP contribution in [0.4, 0.5) is 0 Å². The van der Waals surface area contributed by atoms with E-state index in [2.05, 4.69) is 34.9 Å². The van der Waals surface area contributed by atoms with E-state index in [1.807, 2.05) is 30.3 Å². The van der Waals surface area contributed by atoms with Crippen LogP contribution in [-0.2, 0) is 13.0 Å². The van der Waals surface area contributed by atoms with Crippen molar-refractivity contribution in [3.05, 3.63) is 72.2 Å². The van der Waals surface area contributed by atoms with Gasteiger partial charge in [0, 0.05) is 19.0 Å². The Morgan fingerprint density at radius 3 is 2.58 bits per heavy atom. The van der Waals surface area contributed by atoms with Crippen molar-refractivity contribution in [2.45, 2.75) is 31.8 Å². The molecule has 1 aliphatic rings. The average molecular weight is 437 g/mol. The largest absolute Gasteiger partial charge is 0.469 e. The molecule has 0 spiro atoms. The smallest absolute Gasteiger partial charge is 0.191 e. The van der Waals surface area contributed by atoms with Gasteiger partial charge in [-0.25, -0.2) is 4.99 Å². The number of hydrogen-bond donors (Lipinski definition) is 2. The maximum Gasteiger partial charge on any atom is 0.191 e. The first kappa shape index (κ1) is 18.6. The molecule has 0 amide bonds. The molecule has 0 saturated carbocycles. The van der Waals surface area contributed by atoms with Crippen LogP contribution >= 0.6 is 24.0 Å². The molecule has 0 radical (unpaired) electrons. The van der Waals surface area contributed by atoms with Gasteiger partial charge in [0.2, 0.25) is 0 Å². The van der Waals surface area contributed by atoms with Crippen LogP contribution in [0, 0.1) is 0 Å². The number of halogens is 1. The summed E-state index contributed by atoms with van der Waals surface area (Å²) in [6.45, 7) is 1.48. The van der Waals surface area contributed by atoms with Gasteiger partial charge in [0.05, 0.1) is 12.8 Å². The van der Waals surface area contributed by atoms with Crippen LogP contribution in [0.15, 0.2) is 70.3 Å². The van der Waals surface area contributed by atoms with Crippen molar-refractivity contribution in [1.29, 1.82) is 0 Å². The monoisotopic (exact) mass is 437 g/mol. The fourth-order valence-corrected chi connectivity index (χ4v) is 2.59. The molecule has 1 heterocycles. The molecule has 1 aliphatic carbocycles. The maximum absolute atomic E-state index is 5.37. The van der Waals surface area contributed by atoms with Crippen molar-refractivity contribution < 1.29 is 4.42 Å². The highest BCUT2D eigenvalue weighted by Gasteiger charge is 2.11. The first-order chi connectivity index (χ1) is 11.4. The molecular formula is C19H24IN3O. The van der Waals surface area contributed by atoms with Gasteiger partial charge in [-0.3, -0.25) is 0 Å². The van der Waals surface area contributed by atoms with Crippen LogP contribution in [0.3, 0.4) is 0 Å². The van der Waals surface area contributed by atoms with E-state index in [0.717, 1.165) is 37.5 Å². The van der Waals surface area contributed by atoms with Crippen molar-refractivity contribution in [2.24, 2.45) is 4.99 Å². The van der Waals surface area contributed by atoms with E-state index in [-0.39, 0.29) is 24.0 Å². The predicted molar refractivity (Wildman–Crippen MR) is 109 cm³/mol. The van der Waals surface area contributed by atoms with Crippen LogP contribution in [-0.4, -0.2) is 18.5 Å². The number of nitrogens with one attached hydrogen (secondary N) is 2. The summed E-state index contributed by atoms with van der Waals surface area (Å²) in [7, 11) is 0. The molecule has 2 N–H and O–H groups in total. The Hall–Kier alpha value is -1.76. The second kappa shape index (κ2) is 10.2. The first-order valence-electron chi connectivity index (χ1n) is 8.16. The third-order valence-corrected chi connectivity index (χ3v) is 3.86. The van der Waals surface area contributed by atoms with E-state index < -0.39 is 0 Å². The van der Waals surface area contributed by atoms with Gasteiger partial charge < -0.3 is 15.1 Å². The third-order valence-electron chi connectivity index (χ3n) is 3.86. The van der Waals surface area contributed by atoms with E-state index in [0.29, 0.717) is 12.6 Å². The highest BCUT2D eigenvalue weighted by molar-refractivity contribution is 14.0. The van der Waals surface area contributed by atoms with Crippen molar-refractivity contribution in [2.75, 3.05) is 6.54 Å². The summed E-state index contributed by atoms with van der Waals surface area (Å²) in [5.41, 5.74) is 1.21. The van der Waals surface area contributed by atoms with Crippen LogP contribution in [0.25, 0.3) is 0 Å². The molecule has 0 aliphatic heterocycles. The van der Waals surface area contributed by atoms with Gasteiger partial charge >= 0.3 is 0 Å². The number of nitrogens with zero attached hydrogens (tertiary/aromatic N) is 1. The molecule has 1 aromatic heterocycles. The van der Waals surface area contributed by atoms with Crippen molar-refractivity contribution in [3.8, 4) is 0 Å². The van der Waals surface area contributed by atoms with Crippen LogP contribution in [0.2, 0.25) is 0 Å². The molecule has 128 valence electrons. The first-order valence-corrected chi connectivity index (χ1v) is 8.16. The number of furan rings is 1. The maximum atomic E-state index is 5.37. The quantitative estimate of drug-likeness (QED) is 0.312. The number of hydrogen-bond acceptors (Lipinski definition) is 2. The molecule has 0 saturated heterocycles. The number of rotatable bonds is 6. The van der Waals surface area contributed by atoms with Crippen LogP contribution in [0.1, 0.15) is 24.2 Å². The third kappa shape index (κ3) is 6.03. The highest BCUT2D eigenvalue weighted by atomic mass is 127. The second-order valence-corrected chi connectivity index (χ2v) is 5.69. The fourth-order valence-electron chi connectivity index (χ4n) is 2.59. The Labute approximate surface area is 160 Å². The summed E-state index contributed by atoms with van der Waals surface area (Å²) in [6, 6.07) is 14.7. The van der Waals surface area contributed by atoms with Gasteiger partial charge in [-0.1, -0.05) is 42.5 Å². The Balaban J connectivity index is 0.00000208. The van der Waals surface area contributed by atoms with E-state index >= 15 is 0 Å². The van der Waals surface area contributed by atoms with Gasteiger partial charge in [-0.15, -0.1) is 24.0 Å². The van der Waals surface area contributed by atoms with E-state index in [4.69, 9.17) is 9.41 Å². The summed E-state index contributed by atoms with van der Waals surface area (Å²) in [5, 5.41) is 6.92. The summed E-state index contributed by atoms with van der Waals surface area (Å²) in [5.74, 6) is 1.86. The Morgan fingerprint density at radius 1 is 1.08 bits per heavy atom. The summed E-state index contributed by atoms with van der Waals surface area (Å²) in [4.78, 5) is 4.71. The van der Waals surface area contributed by atoms with Gasteiger partial charge in [0.15, 0.2) is 5.96 Å². The standard InChI is InChI=1S/C19H23N3O.HI/c1-2-7-16(8-3-1)15-21-19(22-17-9-4-5-10-17)20-13-12-18-11-6-14-23-18;/h1-8,11,14,17H,9-10,12-13,15H2,(H2,20,21,22);1H. The number of aliphatic imine (C=N–C) groups is 1. The minimum atomic E-state index is 0. The average Bonchev–Trinajstić information content (AvgIpc) is 3.27. The lowest BCUT2D eigenvalue weighted by atomic mass is 10.2. The van der Waals surface area contributed by atoms with E-state index in [1.54, 1.807) is 6.26 Å². The van der Waals surface area contributed by atoms with Crippen LogP contribution in [0.5, 0.6) is 0 Å². The number of guanidine groups is 1. The molecule has 3 rings (SSSR count). The molecule has 0 fully saturated rings. The van der Waals surface area contributed by atoms with Gasteiger partial charge in [-0.05, 0) is 30.5 Å². The lowest BCUT2D eigenvalue weighted by Crippen LogP contribution is -2.43. The molecule has 0 bridgehead atoms. The molecular weight excluding hydrogens is 413 g/mol. The second-order valence-electron chi connectivity index (χ2n) is 5.69. The molecule has 0 atom stereocenters. The van der Waals surface area contributed by atoms with Gasteiger partial charge in [0.1, 0.15) is 5.76 Å². The molecule has 0 unspecified atom stereocenters. The van der Waals surface area contributed by atoms with Crippen LogP contribution < -0.4 is 10.6 Å². The lowest BCUT2D eigenvalue weighted by molar-refractivity contribution is 0.506. The molecule has 5 heteroatoms. The summed E-state index contributed by atoms with van der Waals surface area (Å²) >= 11 is 0. The zero-order valence-electron chi connectivity index (χ0n) is 13.7. The normalized spacial score (nSPS) is 14.4. The molecule has 24 heavy (non-hydrogen) atoms. The van der Waals surface area contributed by atoms with Crippen molar-refractivity contribution in [3.63, 3.8) is 0 Å². The Morgan fingerprint density at radius 2 is 1.88 bits per heavy atom. The minimum absolute atomic E-state index is 0. The molecule has 2 aromatic rings. The minimum Gasteiger partial charge on any atom is -0.469 e. The summed E-state index contributed by atoms with van der Waals surface area (Å²) in [6.07, 6.45) is 9.11. The Kier molecular flexibility index (Phi) is 7.88. The highest BCUT2D eigenvalue weighted by Crippen LogP contribution is 2.09. The SMILES string of the molecule is C1=CCC(NC(=NCc2ccccc2)NCCc2ccco2)C1.I. The van der Waals surface area contributed by atoms with E-state index in [9.17, 15) is 0 Å². The van der Waals surface area contributed by atoms with Crippen molar-refractivity contribution >= 4 is 29.9 Å². The molecule has 4 nitrogen and oxygen atoms in total. The Bertz CT molecular complexity index is 630. The van der Waals surface area contributed by atoms with Crippen molar-refractivity contribution in [1.82, 2.24) is 10.6 Å². The zero-order valence-corrected chi connectivity index (χ0v) is 16.0. The number of benzene rings is 1.